The molecule has 3 aliphatic rings. The van der Waals surface area contributed by atoms with Gasteiger partial charge in [0.25, 0.3) is 0 Å². The van der Waals surface area contributed by atoms with Crippen LogP contribution in [0.25, 0.3) is 0 Å². The van der Waals surface area contributed by atoms with E-state index in [1.807, 2.05) is 6.92 Å². The van der Waals surface area contributed by atoms with Gasteiger partial charge in [0.05, 0.1) is 11.9 Å². The molecular weight excluding hydrogens is 312 g/mol. The maximum absolute atomic E-state index is 12.8. The summed E-state index contributed by atoms with van der Waals surface area (Å²) < 4.78 is 6.43. The van der Waals surface area contributed by atoms with Gasteiger partial charge < -0.3 is 9.84 Å². The van der Waals surface area contributed by atoms with Crippen LogP contribution in [0.1, 0.15) is 85.5 Å². The Balaban J connectivity index is 1.83. The van der Waals surface area contributed by atoms with Crippen molar-refractivity contribution in [3.8, 4) is 0 Å². The molecule has 0 aromatic carbocycles. The number of carbonyl (C=O) groups is 1. The van der Waals surface area contributed by atoms with E-state index < -0.39 is 5.60 Å². The van der Waals surface area contributed by atoms with Gasteiger partial charge in [-0.3, -0.25) is 4.79 Å². The van der Waals surface area contributed by atoms with Crippen LogP contribution in [0.2, 0.25) is 0 Å². The monoisotopic (exact) mass is 348 g/mol. The van der Waals surface area contributed by atoms with Crippen LogP contribution in [0.4, 0.5) is 0 Å². The third-order valence-electron chi connectivity index (χ3n) is 7.34. The van der Waals surface area contributed by atoms with Crippen molar-refractivity contribution < 1.29 is 14.6 Å². The first-order valence-electron chi connectivity index (χ1n) is 10.4. The Hall–Kier alpha value is -0.830. The maximum atomic E-state index is 12.8. The highest BCUT2D eigenvalue weighted by Crippen LogP contribution is 2.63. The van der Waals surface area contributed by atoms with Gasteiger partial charge in [-0.05, 0) is 62.9 Å². The number of hydrogen-bond donors (Lipinski definition) is 1. The fourth-order valence-electron chi connectivity index (χ4n) is 5.30. The number of Topliss-reactive ketones (excluding diaryl/α,β-unsaturated/α-hetero) is 1. The lowest BCUT2D eigenvalue weighted by Crippen LogP contribution is -2.57. The SMILES string of the molecule is CC(C)C/C=C(\OC1CCCCC1)[C@H](C)[C@@]1(O)C(=O)C[C@H]2CC[C@@]21C. The largest absolute Gasteiger partial charge is 0.495 e. The van der Waals surface area contributed by atoms with E-state index >= 15 is 0 Å². The Morgan fingerprint density at radius 2 is 1.92 bits per heavy atom. The molecule has 1 N–H and O–H groups in total. The molecule has 3 fully saturated rings. The zero-order chi connectivity index (χ0) is 18.2. The van der Waals surface area contributed by atoms with E-state index in [1.165, 1.54) is 19.3 Å². The van der Waals surface area contributed by atoms with Crippen LogP contribution in [-0.2, 0) is 9.53 Å². The molecule has 0 saturated heterocycles. The first-order chi connectivity index (χ1) is 11.8. The summed E-state index contributed by atoms with van der Waals surface area (Å²) in [6.07, 6.45) is 11.8. The second-order valence-electron chi connectivity index (χ2n) is 9.38. The molecule has 3 nitrogen and oxygen atoms in total. The van der Waals surface area contributed by atoms with Gasteiger partial charge in [0, 0.05) is 17.8 Å². The van der Waals surface area contributed by atoms with E-state index in [9.17, 15) is 9.90 Å². The topological polar surface area (TPSA) is 46.5 Å². The summed E-state index contributed by atoms with van der Waals surface area (Å²) in [4.78, 5) is 12.8. The van der Waals surface area contributed by atoms with Crippen molar-refractivity contribution in [1.82, 2.24) is 0 Å². The van der Waals surface area contributed by atoms with Crippen molar-refractivity contribution in [1.29, 1.82) is 0 Å². The lowest BCUT2D eigenvalue weighted by Gasteiger charge is -2.51. The highest BCUT2D eigenvalue weighted by Gasteiger charge is 2.68. The van der Waals surface area contributed by atoms with Crippen LogP contribution in [-0.4, -0.2) is 22.6 Å². The molecule has 0 aliphatic heterocycles. The quantitative estimate of drug-likeness (QED) is 0.685. The van der Waals surface area contributed by atoms with Crippen molar-refractivity contribution in [3.63, 3.8) is 0 Å². The minimum atomic E-state index is -1.26. The fraction of sp³-hybridized carbons (Fsp3) is 0.864. The molecule has 142 valence electrons. The highest BCUT2D eigenvalue weighted by atomic mass is 16.5. The molecule has 3 aliphatic carbocycles. The molecule has 4 atom stereocenters. The number of allylic oxidation sites excluding steroid dienone is 1. The second-order valence-corrected chi connectivity index (χ2v) is 9.38. The zero-order valence-corrected chi connectivity index (χ0v) is 16.5. The number of carbonyl (C=O) groups excluding carboxylic acids is 1. The van der Waals surface area contributed by atoms with Crippen molar-refractivity contribution in [2.75, 3.05) is 0 Å². The summed E-state index contributed by atoms with van der Waals surface area (Å²) in [5, 5.41) is 11.6. The van der Waals surface area contributed by atoms with Gasteiger partial charge in [0.2, 0.25) is 0 Å². The molecule has 0 spiro atoms. The van der Waals surface area contributed by atoms with Gasteiger partial charge in [0.1, 0.15) is 5.60 Å². The first kappa shape index (κ1) is 18.9. The Kier molecular flexibility index (Phi) is 5.35. The van der Waals surface area contributed by atoms with Crippen molar-refractivity contribution >= 4 is 5.78 Å². The summed E-state index contributed by atoms with van der Waals surface area (Å²) in [5.74, 6) is 1.54. The van der Waals surface area contributed by atoms with E-state index in [1.54, 1.807) is 0 Å². The van der Waals surface area contributed by atoms with Gasteiger partial charge in [0.15, 0.2) is 5.78 Å². The molecule has 0 radical (unpaired) electrons. The van der Waals surface area contributed by atoms with E-state index in [4.69, 9.17) is 4.74 Å². The Morgan fingerprint density at radius 1 is 1.24 bits per heavy atom. The molecule has 0 aromatic heterocycles. The van der Waals surface area contributed by atoms with Crippen LogP contribution < -0.4 is 0 Å². The standard InChI is InChI=1S/C22H36O3/c1-15(2)10-11-19(25-18-8-6-5-7-9-18)16(3)22(24)20(23)14-17-12-13-21(17,22)4/h11,15-18,24H,5-10,12-14H2,1-4H3/b19-11-/t16-,17+,21-,22+/m0/s1. The third kappa shape index (κ3) is 3.18. The van der Waals surface area contributed by atoms with Crippen LogP contribution in [0.15, 0.2) is 11.8 Å². The Labute approximate surface area is 153 Å². The summed E-state index contributed by atoms with van der Waals surface area (Å²) in [6.45, 7) is 8.51. The number of fused-ring (bicyclic) bond motifs is 1. The van der Waals surface area contributed by atoms with Gasteiger partial charge in [-0.1, -0.05) is 34.1 Å². The second kappa shape index (κ2) is 7.06. The Morgan fingerprint density at radius 3 is 2.44 bits per heavy atom. The van der Waals surface area contributed by atoms with Crippen molar-refractivity contribution in [2.24, 2.45) is 23.2 Å². The van der Waals surface area contributed by atoms with Crippen LogP contribution in [0.5, 0.6) is 0 Å². The molecule has 3 heteroatoms. The smallest absolute Gasteiger partial charge is 0.165 e. The summed E-state index contributed by atoms with van der Waals surface area (Å²) in [5.41, 5.74) is -1.52. The average Bonchev–Trinajstić information content (AvgIpc) is 2.72. The highest BCUT2D eigenvalue weighted by molar-refractivity contribution is 5.92. The van der Waals surface area contributed by atoms with E-state index in [2.05, 4.69) is 26.8 Å². The predicted molar refractivity (Wildman–Crippen MR) is 100 cm³/mol. The average molecular weight is 349 g/mol. The minimum absolute atomic E-state index is 0.0349. The molecule has 0 aromatic rings. The van der Waals surface area contributed by atoms with Crippen LogP contribution in [0, 0.1) is 23.2 Å². The van der Waals surface area contributed by atoms with Gasteiger partial charge in [-0.15, -0.1) is 0 Å². The molecule has 0 heterocycles. The predicted octanol–water partition coefficient (Wildman–Crippen LogP) is 5.02. The van der Waals surface area contributed by atoms with Crippen molar-refractivity contribution in [2.45, 2.75) is 97.2 Å². The number of rotatable bonds is 6. The summed E-state index contributed by atoms with van der Waals surface area (Å²) in [7, 11) is 0. The normalized spacial score (nSPS) is 37.8. The number of hydrogen-bond acceptors (Lipinski definition) is 3. The molecule has 0 bridgehead atoms. The number of ether oxygens (including phenoxy) is 1. The van der Waals surface area contributed by atoms with Gasteiger partial charge in [-0.2, -0.15) is 0 Å². The lowest BCUT2D eigenvalue weighted by atomic mass is 9.55. The van der Waals surface area contributed by atoms with Crippen molar-refractivity contribution in [3.05, 3.63) is 11.8 Å². The number of aliphatic hydroxyl groups is 1. The fourth-order valence-corrected chi connectivity index (χ4v) is 5.30. The van der Waals surface area contributed by atoms with E-state index in [0.717, 1.165) is 37.9 Å². The lowest BCUT2D eigenvalue weighted by molar-refractivity contribution is -0.166. The van der Waals surface area contributed by atoms with Gasteiger partial charge >= 0.3 is 0 Å². The summed E-state index contributed by atoms with van der Waals surface area (Å²) >= 11 is 0. The van der Waals surface area contributed by atoms with E-state index in [0.29, 0.717) is 18.3 Å². The zero-order valence-electron chi connectivity index (χ0n) is 16.5. The molecule has 3 rings (SSSR count). The number of ketones is 1. The maximum Gasteiger partial charge on any atom is 0.165 e. The molecule has 0 amide bonds. The summed E-state index contributed by atoms with van der Waals surface area (Å²) in [6, 6.07) is 0. The Bertz CT molecular complexity index is 531. The molecule has 3 saturated carbocycles. The van der Waals surface area contributed by atoms with Gasteiger partial charge in [-0.25, -0.2) is 0 Å². The third-order valence-corrected chi connectivity index (χ3v) is 7.34. The molecule has 25 heavy (non-hydrogen) atoms. The van der Waals surface area contributed by atoms with Crippen LogP contribution >= 0.6 is 0 Å². The van der Waals surface area contributed by atoms with Crippen LogP contribution in [0.3, 0.4) is 0 Å². The van der Waals surface area contributed by atoms with E-state index in [-0.39, 0.29) is 23.2 Å². The minimum Gasteiger partial charge on any atom is -0.495 e. The molecular formula is C22H36O3. The first-order valence-corrected chi connectivity index (χ1v) is 10.4. The molecule has 0 unspecified atom stereocenters.